The summed E-state index contributed by atoms with van der Waals surface area (Å²) < 4.78 is 0. The molecule has 1 aromatic carbocycles. The molecule has 28 heavy (non-hydrogen) atoms. The number of rotatable bonds is 6. The zero-order valence-electron chi connectivity index (χ0n) is 16.7. The maximum Gasteiger partial charge on any atom is 0.312 e. The van der Waals surface area contributed by atoms with Crippen LogP contribution in [0.5, 0.6) is 0 Å². The molecule has 3 heterocycles. The highest BCUT2D eigenvalue weighted by atomic mass is 16.4. The van der Waals surface area contributed by atoms with Gasteiger partial charge in [-0.1, -0.05) is 37.3 Å². The number of piperazine rings is 1. The minimum Gasteiger partial charge on any atom is -0.481 e. The molecular weight excluding hydrogens is 354 g/mol. The van der Waals surface area contributed by atoms with Crippen LogP contribution in [-0.4, -0.2) is 83.0 Å². The van der Waals surface area contributed by atoms with E-state index in [1.807, 2.05) is 35.2 Å². The topological polar surface area (TPSA) is 64.1 Å². The molecule has 2 bridgehead atoms. The number of amides is 1. The minimum absolute atomic E-state index is 0.0780. The number of carboxylic acids is 1. The average molecular weight is 386 g/mol. The van der Waals surface area contributed by atoms with E-state index in [1.54, 1.807) is 0 Å². The summed E-state index contributed by atoms with van der Waals surface area (Å²) in [6.45, 7) is 7.48. The second-order valence-electron chi connectivity index (χ2n) is 8.59. The zero-order valence-corrected chi connectivity index (χ0v) is 16.7. The van der Waals surface area contributed by atoms with Crippen molar-refractivity contribution in [2.24, 2.45) is 5.41 Å². The van der Waals surface area contributed by atoms with E-state index in [2.05, 4.69) is 16.7 Å². The van der Waals surface area contributed by atoms with Crippen LogP contribution in [0.15, 0.2) is 30.3 Å². The fourth-order valence-corrected chi connectivity index (χ4v) is 5.55. The van der Waals surface area contributed by atoms with Gasteiger partial charge in [0.05, 0.1) is 12.0 Å². The quantitative estimate of drug-likeness (QED) is 0.808. The van der Waals surface area contributed by atoms with Gasteiger partial charge in [-0.05, 0) is 37.8 Å². The number of likely N-dealkylation sites (N-methyl/N-ethyl adjacent to an activating group) is 1. The molecule has 0 saturated carbocycles. The van der Waals surface area contributed by atoms with Crippen molar-refractivity contribution in [3.8, 4) is 0 Å². The summed E-state index contributed by atoms with van der Waals surface area (Å²) in [6.07, 6.45) is 2.82. The van der Waals surface area contributed by atoms with Crippen molar-refractivity contribution in [1.29, 1.82) is 0 Å². The fourth-order valence-electron chi connectivity index (χ4n) is 5.55. The highest BCUT2D eigenvalue weighted by Crippen LogP contribution is 2.51. The molecule has 6 heteroatoms. The van der Waals surface area contributed by atoms with E-state index in [0.29, 0.717) is 19.4 Å². The number of fused-ring (bicyclic) bond motifs is 2. The first-order valence-corrected chi connectivity index (χ1v) is 10.6. The lowest BCUT2D eigenvalue weighted by Crippen LogP contribution is -2.52. The number of nitrogens with zero attached hydrogens (tertiary/aromatic N) is 3. The molecule has 3 saturated heterocycles. The SMILES string of the molecule is CCN1CCN(CC(=O)N2[C@H]3CC[C@@H]2[C@](Cc2ccccc2)(C(=O)O)C3)CC1. The van der Waals surface area contributed by atoms with Crippen LogP contribution in [0.1, 0.15) is 31.7 Å². The molecule has 3 fully saturated rings. The smallest absolute Gasteiger partial charge is 0.312 e. The number of hydrogen-bond donors (Lipinski definition) is 1. The van der Waals surface area contributed by atoms with Crippen LogP contribution in [0, 0.1) is 5.41 Å². The first-order valence-electron chi connectivity index (χ1n) is 10.6. The Balaban J connectivity index is 1.47. The number of aliphatic carboxylic acids is 1. The van der Waals surface area contributed by atoms with Crippen molar-refractivity contribution < 1.29 is 14.7 Å². The van der Waals surface area contributed by atoms with E-state index in [9.17, 15) is 14.7 Å². The molecule has 1 amide bonds. The summed E-state index contributed by atoms with van der Waals surface area (Å²) in [5.74, 6) is -0.633. The molecule has 0 radical (unpaired) electrons. The van der Waals surface area contributed by atoms with Crippen molar-refractivity contribution in [2.75, 3.05) is 39.3 Å². The normalized spacial score (nSPS) is 30.7. The van der Waals surface area contributed by atoms with Gasteiger partial charge in [-0.25, -0.2) is 0 Å². The Morgan fingerprint density at radius 2 is 1.75 bits per heavy atom. The van der Waals surface area contributed by atoms with E-state index in [0.717, 1.165) is 51.1 Å². The lowest BCUT2D eigenvalue weighted by atomic mass is 9.70. The van der Waals surface area contributed by atoms with E-state index in [1.165, 1.54) is 0 Å². The highest BCUT2D eigenvalue weighted by Gasteiger charge is 2.61. The Hall–Kier alpha value is -1.92. The Labute approximate surface area is 167 Å². The van der Waals surface area contributed by atoms with Crippen molar-refractivity contribution in [2.45, 2.75) is 44.7 Å². The van der Waals surface area contributed by atoms with Crippen molar-refractivity contribution in [1.82, 2.24) is 14.7 Å². The van der Waals surface area contributed by atoms with E-state index >= 15 is 0 Å². The number of benzene rings is 1. The maximum atomic E-state index is 13.2. The Bertz CT molecular complexity index is 717. The molecule has 3 aliphatic rings. The van der Waals surface area contributed by atoms with Gasteiger partial charge in [-0.3, -0.25) is 14.5 Å². The van der Waals surface area contributed by atoms with Gasteiger partial charge in [-0.15, -0.1) is 0 Å². The molecule has 0 aromatic heterocycles. The lowest BCUT2D eigenvalue weighted by molar-refractivity contribution is -0.151. The summed E-state index contributed by atoms with van der Waals surface area (Å²) in [5, 5.41) is 10.2. The Morgan fingerprint density at radius 3 is 2.39 bits per heavy atom. The number of carboxylic acid groups (broad SMARTS) is 1. The third kappa shape index (κ3) is 3.44. The number of hydrogen-bond acceptors (Lipinski definition) is 4. The number of carbonyl (C=O) groups excluding carboxylic acids is 1. The minimum atomic E-state index is -0.846. The molecule has 0 spiro atoms. The van der Waals surface area contributed by atoms with Gasteiger partial charge in [0, 0.05) is 38.3 Å². The molecule has 152 valence electrons. The molecule has 4 rings (SSSR count). The van der Waals surface area contributed by atoms with Crippen LogP contribution in [0.25, 0.3) is 0 Å². The van der Waals surface area contributed by atoms with E-state index < -0.39 is 11.4 Å². The predicted molar refractivity (Wildman–Crippen MR) is 107 cm³/mol. The summed E-state index contributed by atoms with van der Waals surface area (Å²) in [6, 6.07) is 9.75. The largest absolute Gasteiger partial charge is 0.481 e. The summed E-state index contributed by atoms with van der Waals surface area (Å²) in [4.78, 5) is 32.1. The molecule has 3 aliphatic heterocycles. The maximum absolute atomic E-state index is 13.2. The first-order chi connectivity index (χ1) is 13.5. The molecular formula is C22H31N3O3. The molecule has 1 aromatic rings. The van der Waals surface area contributed by atoms with Crippen LogP contribution in [0.2, 0.25) is 0 Å². The predicted octanol–water partition coefficient (Wildman–Crippen LogP) is 1.70. The van der Waals surface area contributed by atoms with Gasteiger partial charge in [0.25, 0.3) is 0 Å². The molecule has 6 nitrogen and oxygen atoms in total. The molecule has 1 N–H and O–H groups in total. The van der Waals surface area contributed by atoms with Gasteiger partial charge in [0.1, 0.15) is 0 Å². The monoisotopic (exact) mass is 385 g/mol. The van der Waals surface area contributed by atoms with E-state index in [-0.39, 0.29) is 18.0 Å². The van der Waals surface area contributed by atoms with Crippen LogP contribution < -0.4 is 0 Å². The molecule has 0 unspecified atom stereocenters. The summed E-state index contributed by atoms with van der Waals surface area (Å²) in [7, 11) is 0. The Morgan fingerprint density at radius 1 is 1.07 bits per heavy atom. The van der Waals surface area contributed by atoms with Gasteiger partial charge >= 0.3 is 5.97 Å². The van der Waals surface area contributed by atoms with Crippen molar-refractivity contribution in [3.63, 3.8) is 0 Å². The van der Waals surface area contributed by atoms with Gasteiger partial charge in [0.15, 0.2) is 0 Å². The molecule has 0 aliphatic carbocycles. The van der Waals surface area contributed by atoms with Crippen LogP contribution in [0.4, 0.5) is 0 Å². The van der Waals surface area contributed by atoms with Gasteiger partial charge in [0.2, 0.25) is 5.91 Å². The number of carbonyl (C=O) groups is 2. The van der Waals surface area contributed by atoms with E-state index in [4.69, 9.17) is 0 Å². The second-order valence-corrected chi connectivity index (χ2v) is 8.59. The summed E-state index contributed by atoms with van der Waals surface area (Å²) in [5.41, 5.74) is 0.196. The zero-order chi connectivity index (χ0) is 19.7. The highest BCUT2D eigenvalue weighted by molar-refractivity contribution is 5.84. The van der Waals surface area contributed by atoms with Gasteiger partial charge < -0.3 is 14.9 Å². The summed E-state index contributed by atoms with van der Waals surface area (Å²) >= 11 is 0. The standard InChI is InChI=1S/C22H31N3O3/c1-2-23-10-12-24(13-11-23)16-20(26)25-18-8-9-19(25)22(15-18,21(27)28)14-17-6-4-3-5-7-17/h3-7,18-19H,2,8-16H2,1H3,(H,27,28)/t18-,19+,22+/m0/s1. The average Bonchev–Trinajstić information content (AvgIpc) is 3.26. The lowest BCUT2D eigenvalue weighted by Gasteiger charge is -2.36. The van der Waals surface area contributed by atoms with Crippen LogP contribution in [-0.2, 0) is 16.0 Å². The Kier molecular flexibility index (Phi) is 5.43. The second kappa shape index (κ2) is 7.84. The van der Waals surface area contributed by atoms with Crippen LogP contribution in [0.3, 0.4) is 0 Å². The fraction of sp³-hybridized carbons (Fsp3) is 0.636. The first kappa shape index (κ1) is 19.4. The van der Waals surface area contributed by atoms with Crippen LogP contribution >= 0.6 is 0 Å². The van der Waals surface area contributed by atoms with Crippen molar-refractivity contribution in [3.05, 3.63) is 35.9 Å². The molecule has 3 atom stereocenters. The third-order valence-corrected chi connectivity index (χ3v) is 7.09. The third-order valence-electron chi connectivity index (χ3n) is 7.09. The van der Waals surface area contributed by atoms with Crippen molar-refractivity contribution >= 4 is 11.9 Å². The van der Waals surface area contributed by atoms with Gasteiger partial charge in [-0.2, -0.15) is 0 Å².